The highest BCUT2D eigenvalue weighted by atomic mass is 16.3. The zero-order chi connectivity index (χ0) is 11.3. The van der Waals surface area contributed by atoms with Crippen LogP contribution >= 0.6 is 0 Å². The molecule has 0 aromatic carbocycles. The number of aliphatic hydroxyl groups is 1. The van der Waals surface area contributed by atoms with Crippen LogP contribution in [0.25, 0.3) is 0 Å². The van der Waals surface area contributed by atoms with Crippen molar-refractivity contribution in [3.8, 4) is 0 Å². The quantitative estimate of drug-likeness (QED) is 0.579. The molecule has 1 heterocycles. The number of aliphatic hydroxyl groups excluding tert-OH is 1. The van der Waals surface area contributed by atoms with E-state index in [-0.39, 0.29) is 24.0 Å². The van der Waals surface area contributed by atoms with Crippen molar-refractivity contribution in [1.82, 2.24) is 10.6 Å². The maximum absolute atomic E-state index is 11.5. The van der Waals surface area contributed by atoms with E-state index in [1.54, 1.807) is 0 Å². The highest BCUT2D eigenvalue weighted by Gasteiger charge is 2.26. The molecule has 3 N–H and O–H groups in total. The van der Waals surface area contributed by atoms with E-state index in [9.17, 15) is 14.7 Å². The molecular weight excluding hydrogens is 196 g/mol. The number of carbonyl (C=O) groups is 2. The number of hydrogen-bond donors (Lipinski definition) is 3. The molecular formula is C10H18N2O3. The third-order valence-electron chi connectivity index (χ3n) is 2.56. The molecule has 1 rings (SSSR count). The standard InChI is InChI=1S/C10H18N2O3/c1-2-7(13)5-6-11-10(15)8-3-4-9(14)12-8/h7-8,13H,2-6H2,1H3,(H,11,15)(H,12,14)/t7?,8-/m0/s1. The van der Waals surface area contributed by atoms with Crippen LogP contribution in [0.15, 0.2) is 0 Å². The Morgan fingerprint density at radius 2 is 2.47 bits per heavy atom. The fourth-order valence-electron chi connectivity index (χ4n) is 1.50. The summed E-state index contributed by atoms with van der Waals surface area (Å²) in [7, 11) is 0. The van der Waals surface area contributed by atoms with Gasteiger partial charge in [0, 0.05) is 13.0 Å². The maximum Gasteiger partial charge on any atom is 0.242 e. The van der Waals surface area contributed by atoms with Crippen molar-refractivity contribution in [2.24, 2.45) is 0 Å². The monoisotopic (exact) mass is 214 g/mol. The summed E-state index contributed by atoms with van der Waals surface area (Å²) in [4.78, 5) is 22.3. The molecule has 15 heavy (non-hydrogen) atoms. The molecule has 1 saturated heterocycles. The lowest BCUT2D eigenvalue weighted by atomic mass is 10.2. The second kappa shape index (κ2) is 5.70. The van der Waals surface area contributed by atoms with E-state index in [1.165, 1.54) is 0 Å². The minimum Gasteiger partial charge on any atom is -0.393 e. The summed E-state index contributed by atoms with van der Waals surface area (Å²) in [5.74, 6) is -0.215. The Bertz CT molecular complexity index is 243. The summed E-state index contributed by atoms with van der Waals surface area (Å²) in [6.07, 6.45) is 1.89. The average molecular weight is 214 g/mol. The molecule has 1 unspecified atom stereocenters. The summed E-state index contributed by atoms with van der Waals surface area (Å²) >= 11 is 0. The van der Waals surface area contributed by atoms with E-state index in [2.05, 4.69) is 10.6 Å². The van der Waals surface area contributed by atoms with Crippen molar-refractivity contribution in [1.29, 1.82) is 0 Å². The topological polar surface area (TPSA) is 78.4 Å². The molecule has 0 aromatic heterocycles. The molecule has 0 radical (unpaired) electrons. The van der Waals surface area contributed by atoms with Gasteiger partial charge in [-0.3, -0.25) is 9.59 Å². The average Bonchev–Trinajstić information content (AvgIpc) is 2.64. The highest BCUT2D eigenvalue weighted by Crippen LogP contribution is 2.06. The van der Waals surface area contributed by atoms with Gasteiger partial charge in [0.15, 0.2) is 0 Å². The molecule has 2 atom stereocenters. The minimum atomic E-state index is -0.378. The van der Waals surface area contributed by atoms with Gasteiger partial charge in [0.2, 0.25) is 11.8 Å². The number of hydrogen-bond acceptors (Lipinski definition) is 3. The largest absolute Gasteiger partial charge is 0.393 e. The maximum atomic E-state index is 11.5. The first-order chi connectivity index (χ1) is 7.13. The number of carbonyl (C=O) groups excluding carboxylic acids is 2. The van der Waals surface area contributed by atoms with Crippen LogP contribution in [-0.2, 0) is 9.59 Å². The van der Waals surface area contributed by atoms with E-state index in [1.807, 2.05) is 6.92 Å². The Morgan fingerprint density at radius 3 is 3.00 bits per heavy atom. The Hall–Kier alpha value is -1.10. The van der Waals surface area contributed by atoms with Gasteiger partial charge in [0.25, 0.3) is 0 Å². The Labute approximate surface area is 89.2 Å². The summed E-state index contributed by atoms with van der Waals surface area (Å²) in [6, 6.07) is -0.378. The number of amides is 2. The van der Waals surface area contributed by atoms with Crippen LogP contribution in [0.1, 0.15) is 32.6 Å². The lowest BCUT2D eigenvalue weighted by Gasteiger charge is -2.12. The van der Waals surface area contributed by atoms with Crippen molar-refractivity contribution in [2.75, 3.05) is 6.54 Å². The lowest BCUT2D eigenvalue weighted by molar-refractivity contribution is -0.125. The third kappa shape index (κ3) is 3.87. The van der Waals surface area contributed by atoms with Crippen LogP contribution in [0.3, 0.4) is 0 Å². The van der Waals surface area contributed by atoms with Gasteiger partial charge in [-0.25, -0.2) is 0 Å². The van der Waals surface area contributed by atoms with Crippen LogP contribution in [-0.4, -0.2) is 35.6 Å². The molecule has 86 valence electrons. The first kappa shape index (κ1) is 12.0. The van der Waals surface area contributed by atoms with Gasteiger partial charge in [0.05, 0.1) is 6.10 Å². The number of nitrogens with one attached hydrogen (secondary N) is 2. The normalized spacial score (nSPS) is 22.3. The van der Waals surface area contributed by atoms with Gasteiger partial charge < -0.3 is 15.7 Å². The molecule has 1 fully saturated rings. The molecule has 0 aromatic rings. The Kier molecular flexibility index (Phi) is 4.55. The SMILES string of the molecule is CCC(O)CCNC(=O)[C@@H]1CCC(=O)N1. The van der Waals surface area contributed by atoms with Gasteiger partial charge in [-0.1, -0.05) is 6.92 Å². The van der Waals surface area contributed by atoms with Crippen molar-refractivity contribution in [2.45, 2.75) is 44.8 Å². The van der Waals surface area contributed by atoms with Crippen LogP contribution in [0, 0.1) is 0 Å². The lowest BCUT2D eigenvalue weighted by Crippen LogP contribution is -2.42. The van der Waals surface area contributed by atoms with Gasteiger partial charge in [-0.05, 0) is 19.3 Å². The van der Waals surface area contributed by atoms with Crippen molar-refractivity contribution in [3.05, 3.63) is 0 Å². The van der Waals surface area contributed by atoms with Crippen LogP contribution in [0.5, 0.6) is 0 Å². The van der Waals surface area contributed by atoms with Gasteiger partial charge in [-0.15, -0.1) is 0 Å². The number of rotatable bonds is 5. The van der Waals surface area contributed by atoms with E-state index in [0.717, 1.165) is 0 Å². The van der Waals surface area contributed by atoms with Gasteiger partial charge in [-0.2, -0.15) is 0 Å². The fraction of sp³-hybridized carbons (Fsp3) is 0.800. The molecule has 0 aliphatic carbocycles. The minimum absolute atomic E-state index is 0.0660. The molecule has 5 nitrogen and oxygen atoms in total. The van der Waals surface area contributed by atoms with Gasteiger partial charge in [0.1, 0.15) is 6.04 Å². The summed E-state index contributed by atoms with van der Waals surface area (Å²) in [5, 5.41) is 14.5. The van der Waals surface area contributed by atoms with E-state index < -0.39 is 0 Å². The summed E-state index contributed by atoms with van der Waals surface area (Å²) < 4.78 is 0. The molecule has 1 aliphatic rings. The Balaban J connectivity index is 2.16. The predicted molar refractivity (Wildman–Crippen MR) is 55.1 cm³/mol. The second-order valence-corrected chi connectivity index (χ2v) is 3.80. The third-order valence-corrected chi connectivity index (χ3v) is 2.56. The van der Waals surface area contributed by atoms with Crippen LogP contribution in [0.2, 0.25) is 0 Å². The Morgan fingerprint density at radius 1 is 1.73 bits per heavy atom. The molecule has 2 amide bonds. The van der Waals surface area contributed by atoms with Gasteiger partial charge >= 0.3 is 0 Å². The fourth-order valence-corrected chi connectivity index (χ4v) is 1.50. The van der Waals surface area contributed by atoms with Crippen molar-refractivity contribution < 1.29 is 14.7 Å². The van der Waals surface area contributed by atoms with Crippen molar-refractivity contribution >= 4 is 11.8 Å². The highest BCUT2D eigenvalue weighted by molar-refractivity contribution is 5.90. The second-order valence-electron chi connectivity index (χ2n) is 3.80. The van der Waals surface area contributed by atoms with Crippen molar-refractivity contribution in [3.63, 3.8) is 0 Å². The smallest absolute Gasteiger partial charge is 0.242 e. The molecule has 1 aliphatic heterocycles. The van der Waals surface area contributed by atoms with E-state index in [4.69, 9.17) is 0 Å². The van der Waals surface area contributed by atoms with E-state index in [0.29, 0.717) is 32.2 Å². The molecule has 0 saturated carbocycles. The summed E-state index contributed by atoms with van der Waals surface area (Å²) in [6.45, 7) is 2.35. The zero-order valence-corrected chi connectivity index (χ0v) is 8.95. The first-order valence-electron chi connectivity index (χ1n) is 5.38. The zero-order valence-electron chi connectivity index (χ0n) is 8.95. The molecule has 0 spiro atoms. The van der Waals surface area contributed by atoms with Crippen LogP contribution in [0.4, 0.5) is 0 Å². The van der Waals surface area contributed by atoms with Crippen LogP contribution < -0.4 is 10.6 Å². The predicted octanol–water partition coefficient (Wildman–Crippen LogP) is -0.458. The van der Waals surface area contributed by atoms with E-state index >= 15 is 0 Å². The first-order valence-corrected chi connectivity index (χ1v) is 5.38. The molecule has 5 heteroatoms. The summed E-state index contributed by atoms with van der Waals surface area (Å²) in [5.41, 5.74) is 0. The molecule has 0 bridgehead atoms.